The molecule has 52 heavy (non-hydrogen) atoms. The molecule has 0 fully saturated rings. The molecule has 3 N–H and O–H groups in total. The highest BCUT2D eigenvalue weighted by molar-refractivity contribution is 7.46. The smallest absolute Gasteiger partial charge is 0.462 e. The van der Waals surface area contributed by atoms with Crippen molar-refractivity contribution in [3.8, 4) is 0 Å². The van der Waals surface area contributed by atoms with E-state index in [4.69, 9.17) is 19.3 Å². The van der Waals surface area contributed by atoms with Gasteiger partial charge in [-0.3, -0.25) is 14.1 Å². The molecule has 0 aromatic carbocycles. The predicted octanol–water partition coefficient (Wildman–Crippen LogP) is 11.4. The van der Waals surface area contributed by atoms with Crippen LogP contribution in [0.25, 0.3) is 0 Å². The minimum atomic E-state index is -4.77. The highest BCUT2D eigenvalue weighted by atomic mass is 31.2. The van der Waals surface area contributed by atoms with Crippen LogP contribution in [0.5, 0.6) is 0 Å². The van der Waals surface area contributed by atoms with Crippen LogP contribution in [-0.4, -0.2) is 52.3 Å². The molecule has 0 rings (SSSR count). The third kappa shape index (κ3) is 38.0. The number of hydrogen-bond acceptors (Lipinski definition) is 7. The second-order valence-electron chi connectivity index (χ2n) is 14.4. The van der Waals surface area contributed by atoms with Gasteiger partial charge in [0.1, 0.15) is 6.61 Å². The van der Waals surface area contributed by atoms with Gasteiger partial charge in [-0.2, -0.15) is 0 Å². The van der Waals surface area contributed by atoms with Gasteiger partial charge >= 0.3 is 19.8 Å². The summed E-state index contributed by atoms with van der Waals surface area (Å²) in [5.74, 6) is -0.0583. The molecule has 304 valence electrons. The molecule has 0 bridgehead atoms. The number of carbonyl (C=O) groups is 2. The van der Waals surface area contributed by atoms with Crippen molar-refractivity contribution in [1.29, 1.82) is 0 Å². The van der Waals surface area contributed by atoms with Crippen molar-refractivity contribution in [3.63, 3.8) is 0 Å². The Bertz CT molecular complexity index is 975. The maximum Gasteiger partial charge on any atom is 0.469 e. The van der Waals surface area contributed by atoms with E-state index < -0.39 is 38.6 Å². The Balaban J connectivity index is 3.97. The Morgan fingerprint density at radius 3 is 1.71 bits per heavy atom. The maximum absolute atomic E-state index is 12.4. The number of ether oxygens (including phenoxy) is 2. The fourth-order valence-corrected chi connectivity index (χ4v) is 6.16. The first kappa shape index (κ1) is 50.2. The average molecular weight is 757 g/mol. The van der Waals surface area contributed by atoms with Gasteiger partial charge < -0.3 is 24.4 Å². The van der Waals surface area contributed by atoms with Crippen molar-refractivity contribution in [3.05, 3.63) is 36.5 Å². The molecule has 0 aromatic heterocycles. The summed E-state index contributed by atoms with van der Waals surface area (Å²) in [6.07, 6.45) is 37.6. The first-order chi connectivity index (χ1) is 25.1. The molecule has 0 amide bonds. The summed E-state index contributed by atoms with van der Waals surface area (Å²) in [6.45, 7) is 5.83. The van der Waals surface area contributed by atoms with Crippen molar-refractivity contribution in [1.82, 2.24) is 0 Å². The zero-order valence-corrected chi connectivity index (χ0v) is 34.1. The number of allylic oxidation sites excluding steroid dienone is 4. The van der Waals surface area contributed by atoms with E-state index in [1.54, 1.807) is 6.08 Å². The Kier molecular flexibility index (Phi) is 35.0. The molecule has 2 unspecified atom stereocenters. The fraction of sp³-hybridized carbons (Fsp3) is 0.810. The van der Waals surface area contributed by atoms with Crippen LogP contribution in [0.15, 0.2) is 36.5 Å². The highest BCUT2D eigenvalue weighted by Crippen LogP contribution is 2.36. The number of hydrogen-bond donors (Lipinski definition) is 3. The van der Waals surface area contributed by atoms with Gasteiger partial charge in [0.15, 0.2) is 6.10 Å². The van der Waals surface area contributed by atoms with Crippen molar-refractivity contribution in [2.45, 2.75) is 200 Å². The summed E-state index contributed by atoms with van der Waals surface area (Å²) in [5, 5.41) is 9.83. The molecule has 0 aliphatic rings. The number of rotatable bonds is 37. The van der Waals surface area contributed by atoms with Gasteiger partial charge in [0, 0.05) is 12.8 Å². The zero-order valence-electron chi connectivity index (χ0n) is 33.2. The van der Waals surface area contributed by atoms with Gasteiger partial charge in [-0.15, -0.1) is 0 Å². The summed E-state index contributed by atoms with van der Waals surface area (Å²) in [7, 11) is -4.77. The highest BCUT2D eigenvalue weighted by Gasteiger charge is 2.23. The SMILES string of the molecule is CC/C=C/CC(O)/C=C/C=C/CCCCCCCC(=O)OC[C@H](COP(=O)(O)O)OC(=O)CCCCCCCCCCCCCCCCC(C)CC. The Labute approximate surface area is 317 Å². The lowest BCUT2D eigenvalue weighted by Crippen LogP contribution is -2.29. The molecule has 0 radical (unpaired) electrons. The van der Waals surface area contributed by atoms with E-state index in [0.717, 1.165) is 63.7 Å². The maximum atomic E-state index is 12.4. The lowest BCUT2D eigenvalue weighted by Gasteiger charge is -2.18. The molecule has 0 heterocycles. The van der Waals surface area contributed by atoms with E-state index in [2.05, 4.69) is 31.4 Å². The van der Waals surface area contributed by atoms with Gasteiger partial charge in [0.25, 0.3) is 0 Å². The van der Waals surface area contributed by atoms with Crippen molar-refractivity contribution in [2.24, 2.45) is 5.92 Å². The van der Waals surface area contributed by atoms with Gasteiger partial charge in [0.05, 0.1) is 12.7 Å². The normalized spacial score (nSPS) is 14.0. The van der Waals surface area contributed by atoms with Crippen LogP contribution in [0.3, 0.4) is 0 Å². The van der Waals surface area contributed by atoms with Crippen LogP contribution in [0.2, 0.25) is 0 Å². The number of esters is 2. The molecule has 10 heteroatoms. The fourth-order valence-electron chi connectivity index (χ4n) is 5.80. The third-order valence-corrected chi connectivity index (χ3v) is 9.78. The number of unbranched alkanes of at least 4 members (excludes halogenated alkanes) is 18. The second kappa shape index (κ2) is 36.2. The molecule has 0 spiro atoms. The third-order valence-electron chi connectivity index (χ3n) is 9.29. The Hall–Kier alpha value is -1.77. The minimum absolute atomic E-state index is 0.199. The van der Waals surface area contributed by atoms with E-state index in [9.17, 15) is 19.3 Å². The van der Waals surface area contributed by atoms with Gasteiger partial charge in [-0.25, -0.2) is 4.57 Å². The monoisotopic (exact) mass is 757 g/mol. The van der Waals surface area contributed by atoms with Gasteiger partial charge in [0.2, 0.25) is 0 Å². The van der Waals surface area contributed by atoms with Crippen LogP contribution in [0, 0.1) is 5.92 Å². The molecule has 3 atom stereocenters. The van der Waals surface area contributed by atoms with E-state index in [1.807, 2.05) is 24.3 Å². The summed E-state index contributed by atoms with van der Waals surface area (Å²) in [5.41, 5.74) is 0. The standard InChI is InChI=1S/C42H77O9P/c1-4-6-26-32-39(43)33-28-23-19-15-13-17-20-24-29-34-41(44)49-36-40(37-50-52(46,47)48)51-42(45)35-30-25-21-16-12-10-8-7-9-11-14-18-22-27-31-38(3)5-2/h6,19,23,26,28,33,38-40,43H,4-5,7-18,20-22,24-25,27,29-32,34-37H2,1-3H3,(H2,46,47,48)/b23-19+,26-6+,33-28+/t38?,39?,40-/m1/s1. The van der Waals surface area contributed by atoms with Crippen LogP contribution >= 0.6 is 7.82 Å². The minimum Gasteiger partial charge on any atom is -0.462 e. The van der Waals surface area contributed by atoms with Crippen molar-refractivity contribution < 1.29 is 43.0 Å². The number of phosphoric acid groups is 1. The summed E-state index contributed by atoms with van der Waals surface area (Å²) < 4.78 is 26.3. The average Bonchev–Trinajstić information content (AvgIpc) is 3.11. The van der Waals surface area contributed by atoms with E-state index in [0.29, 0.717) is 19.3 Å². The molecular weight excluding hydrogens is 679 g/mol. The predicted molar refractivity (Wildman–Crippen MR) is 213 cm³/mol. The quantitative estimate of drug-likeness (QED) is 0.0186. The Morgan fingerprint density at radius 2 is 1.17 bits per heavy atom. The molecule has 0 aromatic rings. The number of aliphatic hydroxyl groups excluding tert-OH is 1. The molecule has 0 aliphatic heterocycles. The zero-order chi connectivity index (χ0) is 38.5. The summed E-state index contributed by atoms with van der Waals surface area (Å²) in [4.78, 5) is 42.8. The molecule has 0 saturated heterocycles. The first-order valence-corrected chi connectivity index (χ1v) is 22.3. The van der Waals surface area contributed by atoms with Crippen LogP contribution < -0.4 is 0 Å². The van der Waals surface area contributed by atoms with E-state index in [-0.39, 0.29) is 19.4 Å². The van der Waals surface area contributed by atoms with Crippen LogP contribution in [0.1, 0.15) is 188 Å². The second-order valence-corrected chi connectivity index (χ2v) is 15.6. The number of phosphoric ester groups is 1. The lowest BCUT2D eigenvalue weighted by molar-refractivity contribution is -0.161. The van der Waals surface area contributed by atoms with Crippen molar-refractivity contribution in [2.75, 3.05) is 13.2 Å². The van der Waals surface area contributed by atoms with Gasteiger partial charge in [-0.05, 0) is 44.4 Å². The van der Waals surface area contributed by atoms with Crippen molar-refractivity contribution >= 4 is 19.8 Å². The molecule has 0 aliphatic carbocycles. The van der Waals surface area contributed by atoms with Crippen LogP contribution in [0.4, 0.5) is 0 Å². The number of carbonyl (C=O) groups excluding carboxylic acids is 2. The number of aliphatic hydroxyl groups is 1. The van der Waals surface area contributed by atoms with Gasteiger partial charge in [-0.1, -0.05) is 173 Å². The van der Waals surface area contributed by atoms with E-state index >= 15 is 0 Å². The molecular formula is C42H77O9P. The summed E-state index contributed by atoms with van der Waals surface area (Å²) in [6, 6.07) is 0. The largest absolute Gasteiger partial charge is 0.469 e. The van der Waals surface area contributed by atoms with Crippen LogP contribution in [-0.2, 0) is 28.2 Å². The Morgan fingerprint density at radius 1 is 0.654 bits per heavy atom. The topological polar surface area (TPSA) is 140 Å². The van der Waals surface area contributed by atoms with E-state index in [1.165, 1.54) is 77.0 Å². The lowest BCUT2D eigenvalue weighted by atomic mass is 9.99. The molecule has 0 saturated carbocycles. The first-order valence-electron chi connectivity index (χ1n) is 20.8. The molecule has 9 nitrogen and oxygen atoms in total. The summed E-state index contributed by atoms with van der Waals surface area (Å²) >= 11 is 0.